The molecule has 4 nitrogen and oxygen atoms in total. The van der Waals surface area contributed by atoms with Crippen LogP contribution in [0.5, 0.6) is 0 Å². The Balaban J connectivity index is 2.58. The first-order chi connectivity index (χ1) is 9.43. The molecule has 1 saturated carbocycles. The summed E-state index contributed by atoms with van der Waals surface area (Å²) in [5.74, 6) is -0.534. The minimum Gasteiger partial charge on any atom is -0.478 e. The largest absolute Gasteiger partial charge is 0.478 e. The van der Waals surface area contributed by atoms with Gasteiger partial charge in [-0.05, 0) is 38.2 Å². The quantitative estimate of drug-likeness (QED) is 0.844. The van der Waals surface area contributed by atoms with E-state index in [1.807, 2.05) is 0 Å². The van der Waals surface area contributed by atoms with Crippen molar-refractivity contribution in [2.24, 2.45) is 5.92 Å². The molecule has 2 unspecified atom stereocenters. The summed E-state index contributed by atoms with van der Waals surface area (Å²) in [4.78, 5) is 23.8. The van der Waals surface area contributed by atoms with Gasteiger partial charge in [-0.3, -0.25) is 4.79 Å². The van der Waals surface area contributed by atoms with Crippen LogP contribution in [0.1, 0.15) is 66.7 Å². The molecular formula is C16H23NO3. The summed E-state index contributed by atoms with van der Waals surface area (Å²) in [7, 11) is 0. The zero-order chi connectivity index (χ0) is 14.9. The lowest BCUT2D eigenvalue weighted by molar-refractivity contribution is 0.0693. The Hall–Kier alpha value is -1.58. The molecule has 20 heavy (non-hydrogen) atoms. The molecule has 0 aromatic carbocycles. The number of carbonyl (C=O) groups is 1. The molecule has 0 aliphatic heterocycles. The number of aromatic nitrogens is 1. The molecule has 1 N–H and O–H groups in total. The number of aryl methyl sites for hydroxylation is 1. The Kier molecular flexibility index (Phi) is 4.31. The first kappa shape index (κ1) is 14.8. The Bertz CT molecular complexity index is 574. The van der Waals surface area contributed by atoms with E-state index in [4.69, 9.17) is 0 Å². The molecule has 1 aromatic heterocycles. The highest BCUT2D eigenvalue weighted by atomic mass is 16.4. The average Bonchev–Trinajstić information content (AvgIpc) is 2.54. The highest BCUT2D eigenvalue weighted by molar-refractivity contribution is 5.90. The van der Waals surface area contributed by atoms with E-state index in [2.05, 4.69) is 6.92 Å². The second kappa shape index (κ2) is 5.81. The Morgan fingerprint density at radius 3 is 2.55 bits per heavy atom. The molecule has 1 fully saturated rings. The minimum atomic E-state index is -0.949. The predicted molar refractivity (Wildman–Crippen MR) is 78.4 cm³/mol. The summed E-state index contributed by atoms with van der Waals surface area (Å²) >= 11 is 0. The Morgan fingerprint density at radius 2 is 1.90 bits per heavy atom. The topological polar surface area (TPSA) is 59.3 Å². The molecule has 2 atom stereocenters. The molecule has 110 valence electrons. The number of aromatic carboxylic acids is 1. The summed E-state index contributed by atoms with van der Waals surface area (Å²) in [5, 5.41) is 9.37. The van der Waals surface area contributed by atoms with Crippen molar-refractivity contribution in [3.63, 3.8) is 0 Å². The summed E-state index contributed by atoms with van der Waals surface area (Å²) in [6.07, 6.45) is 5.57. The van der Waals surface area contributed by atoms with Crippen LogP contribution >= 0.6 is 0 Å². The molecule has 1 aliphatic rings. The third-order valence-electron chi connectivity index (χ3n) is 4.56. The van der Waals surface area contributed by atoms with Gasteiger partial charge in [0.05, 0.1) is 5.56 Å². The molecule has 1 aromatic rings. The number of hydrogen-bond acceptors (Lipinski definition) is 2. The molecular weight excluding hydrogens is 254 g/mol. The Morgan fingerprint density at radius 1 is 1.25 bits per heavy atom. The number of rotatable bonds is 2. The van der Waals surface area contributed by atoms with Gasteiger partial charge < -0.3 is 9.67 Å². The highest BCUT2D eigenvalue weighted by Gasteiger charge is 2.26. The van der Waals surface area contributed by atoms with Gasteiger partial charge in [0.25, 0.3) is 5.56 Å². The zero-order valence-electron chi connectivity index (χ0n) is 12.5. The molecule has 0 amide bonds. The molecule has 0 saturated heterocycles. The summed E-state index contributed by atoms with van der Waals surface area (Å²) in [6.45, 7) is 5.62. The van der Waals surface area contributed by atoms with E-state index in [9.17, 15) is 14.7 Å². The van der Waals surface area contributed by atoms with E-state index in [0.29, 0.717) is 17.2 Å². The van der Waals surface area contributed by atoms with Crippen molar-refractivity contribution < 1.29 is 9.90 Å². The monoisotopic (exact) mass is 277 g/mol. The van der Waals surface area contributed by atoms with Crippen molar-refractivity contribution in [3.8, 4) is 0 Å². The van der Waals surface area contributed by atoms with Crippen molar-refractivity contribution in [1.82, 2.24) is 4.57 Å². The van der Waals surface area contributed by atoms with Gasteiger partial charge in [0.15, 0.2) is 0 Å². The maximum atomic E-state index is 12.4. The molecule has 0 bridgehead atoms. The second-order valence-corrected chi connectivity index (χ2v) is 5.98. The van der Waals surface area contributed by atoms with Crippen LogP contribution in [0, 0.1) is 19.8 Å². The Labute approximate surface area is 119 Å². The van der Waals surface area contributed by atoms with Crippen LogP contribution in [0.4, 0.5) is 0 Å². The van der Waals surface area contributed by atoms with Crippen LogP contribution in [0.15, 0.2) is 10.9 Å². The van der Waals surface area contributed by atoms with Crippen LogP contribution in [0.3, 0.4) is 0 Å². The molecule has 1 heterocycles. The van der Waals surface area contributed by atoms with E-state index in [0.717, 1.165) is 19.3 Å². The molecule has 2 rings (SSSR count). The van der Waals surface area contributed by atoms with Crippen molar-refractivity contribution >= 4 is 5.97 Å². The third-order valence-corrected chi connectivity index (χ3v) is 4.56. The number of hydrogen-bond donors (Lipinski definition) is 1. The standard InChI is InChI=1S/C16H23NO3/c1-10-7-5-4-6-8-13(10)17-12(3)15(16(19)20)11(2)9-14(17)18/h9-10,13H,4-8H2,1-3H3,(H,19,20). The van der Waals surface area contributed by atoms with E-state index in [-0.39, 0.29) is 17.2 Å². The number of carboxylic acid groups (broad SMARTS) is 1. The summed E-state index contributed by atoms with van der Waals surface area (Å²) in [5.41, 5.74) is 1.36. The fourth-order valence-corrected chi connectivity index (χ4v) is 3.49. The van der Waals surface area contributed by atoms with Gasteiger partial charge in [-0.2, -0.15) is 0 Å². The zero-order valence-corrected chi connectivity index (χ0v) is 12.5. The fourth-order valence-electron chi connectivity index (χ4n) is 3.49. The molecule has 0 radical (unpaired) electrons. The van der Waals surface area contributed by atoms with Crippen molar-refractivity contribution in [2.45, 2.75) is 58.9 Å². The first-order valence-electron chi connectivity index (χ1n) is 7.39. The van der Waals surface area contributed by atoms with Gasteiger partial charge in [-0.25, -0.2) is 4.79 Å². The van der Waals surface area contributed by atoms with Crippen LogP contribution in [0.2, 0.25) is 0 Å². The van der Waals surface area contributed by atoms with Gasteiger partial charge in [-0.1, -0.05) is 26.2 Å². The van der Waals surface area contributed by atoms with Crippen molar-refractivity contribution in [1.29, 1.82) is 0 Å². The molecule has 0 spiro atoms. The lowest BCUT2D eigenvalue weighted by atomic mass is 9.95. The predicted octanol–water partition coefficient (Wildman–Crippen LogP) is 3.30. The summed E-state index contributed by atoms with van der Waals surface area (Å²) < 4.78 is 1.73. The van der Waals surface area contributed by atoms with Gasteiger partial charge in [-0.15, -0.1) is 0 Å². The van der Waals surface area contributed by atoms with Gasteiger partial charge in [0, 0.05) is 17.8 Å². The van der Waals surface area contributed by atoms with Crippen molar-refractivity contribution in [3.05, 3.63) is 33.2 Å². The highest BCUT2D eigenvalue weighted by Crippen LogP contribution is 2.32. The van der Waals surface area contributed by atoms with Gasteiger partial charge in [0.1, 0.15) is 0 Å². The summed E-state index contributed by atoms with van der Waals surface area (Å²) in [6, 6.07) is 1.59. The van der Waals surface area contributed by atoms with Crippen LogP contribution in [-0.2, 0) is 0 Å². The second-order valence-electron chi connectivity index (χ2n) is 5.98. The number of pyridine rings is 1. The number of carboxylic acids is 1. The normalized spacial score (nSPS) is 23.4. The first-order valence-corrected chi connectivity index (χ1v) is 7.39. The minimum absolute atomic E-state index is 0.0660. The molecule has 1 aliphatic carbocycles. The van der Waals surface area contributed by atoms with E-state index < -0.39 is 5.97 Å². The van der Waals surface area contributed by atoms with Crippen LogP contribution in [0.25, 0.3) is 0 Å². The molecule has 4 heteroatoms. The smallest absolute Gasteiger partial charge is 0.337 e. The van der Waals surface area contributed by atoms with Crippen molar-refractivity contribution in [2.75, 3.05) is 0 Å². The lowest BCUT2D eigenvalue weighted by Crippen LogP contribution is -2.32. The van der Waals surface area contributed by atoms with Crippen LogP contribution < -0.4 is 5.56 Å². The lowest BCUT2D eigenvalue weighted by Gasteiger charge is -2.27. The van der Waals surface area contributed by atoms with Crippen LogP contribution in [-0.4, -0.2) is 15.6 Å². The van der Waals surface area contributed by atoms with E-state index in [1.54, 1.807) is 18.4 Å². The average molecular weight is 277 g/mol. The maximum absolute atomic E-state index is 12.4. The van der Waals surface area contributed by atoms with Gasteiger partial charge >= 0.3 is 5.97 Å². The van der Waals surface area contributed by atoms with Gasteiger partial charge in [0.2, 0.25) is 0 Å². The SMILES string of the molecule is Cc1cc(=O)n(C2CCCCCC2C)c(C)c1C(=O)O. The third kappa shape index (κ3) is 2.65. The maximum Gasteiger partial charge on any atom is 0.337 e. The fraction of sp³-hybridized carbons (Fsp3) is 0.625. The van der Waals surface area contributed by atoms with E-state index >= 15 is 0 Å². The van der Waals surface area contributed by atoms with E-state index in [1.165, 1.54) is 18.9 Å². The number of nitrogens with zero attached hydrogens (tertiary/aromatic N) is 1.